The van der Waals surface area contributed by atoms with Crippen molar-refractivity contribution < 1.29 is 4.74 Å². The number of fused-ring (bicyclic) bond motifs is 1. The van der Waals surface area contributed by atoms with Gasteiger partial charge in [0.2, 0.25) is 0 Å². The third kappa shape index (κ3) is 3.49. The SMILES string of the molecule is CCNC(C1CCCCCC1)C1OCCc2ccccc21. The number of ether oxygens (including phenoxy) is 1. The summed E-state index contributed by atoms with van der Waals surface area (Å²) in [5, 5.41) is 3.77. The van der Waals surface area contributed by atoms with Crippen molar-refractivity contribution in [1.82, 2.24) is 5.32 Å². The van der Waals surface area contributed by atoms with Gasteiger partial charge in [0.25, 0.3) is 0 Å². The summed E-state index contributed by atoms with van der Waals surface area (Å²) in [6, 6.07) is 9.36. The van der Waals surface area contributed by atoms with E-state index in [1.54, 1.807) is 0 Å². The van der Waals surface area contributed by atoms with Gasteiger partial charge in [-0.3, -0.25) is 0 Å². The van der Waals surface area contributed by atoms with E-state index in [1.165, 1.54) is 49.7 Å². The second-order valence-electron chi connectivity index (χ2n) is 6.58. The van der Waals surface area contributed by atoms with Crippen LogP contribution >= 0.6 is 0 Å². The molecule has 1 heterocycles. The molecule has 1 aromatic rings. The molecule has 1 saturated carbocycles. The Morgan fingerprint density at radius 1 is 1.14 bits per heavy atom. The fourth-order valence-electron chi connectivity index (χ4n) is 4.15. The van der Waals surface area contributed by atoms with Crippen LogP contribution in [0.25, 0.3) is 0 Å². The van der Waals surface area contributed by atoms with Crippen molar-refractivity contribution in [2.45, 2.75) is 64.0 Å². The minimum Gasteiger partial charge on any atom is -0.372 e. The number of rotatable bonds is 4. The first kappa shape index (κ1) is 15.1. The number of likely N-dealkylation sites (N-methyl/N-ethyl adjacent to an activating group) is 1. The first-order valence-corrected chi connectivity index (χ1v) is 8.83. The maximum Gasteiger partial charge on any atom is 0.0983 e. The average molecular weight is 287 g/mol. The van der Waals surface area contributed by atoms with E-state index in [0.717, 1.165) is 25.5 Å². The highest BCUT2D eigenvalue weighted by atomic mass is 16.5. The van der Waals surface area contributed by atoms with E-state index in [4.69, 9.17) is 4.74 Å². The predicted molar refractivity (Wildman–Crippen MR) is 87.5 cm³/mol. The molecule has 0 spiro atoms. The van der Waals surface area contributed by atoms with Crippen LogP contribution in [-0.2, 0) is 11.2 Å². The van der Waals surface area contributed by atoms with Crippen molar-refractivity contribution in [3.8, 4) is 0 Å². The highest BCUT2D eigenvalue weighted by molar-refractivity contribution is 5.32. The van der Waals surface area contributed by atoms with Gasteiger partial charge in [0.15, 0.2) is 0 Å². The van der Waals surface area contributed by atoms with Crippen LogP contribution in [0.5, 0.6) is 0 Å². The molecule has 0 saturated heterocycles. The van der Waals surface area contributed by atoms with Gasteiger partial charge in [0.05, 0.1) is 12.7 Å². The Hall–Kier alpha value is -0.860. The van der Waals surface area contributed by atoms with Crippen LogP contribution in [0, 0.1) is 5.92 Å². The average Bonchev–Trinajstić information content (AvgIpc) is 2.81. The topological polar surface area (TPSA) is 21.3 Å². The van der Waals surface area contributed by atoms with Gasteiger partial charge in [0.1, 0.15) is 0 Å². The summed E-state index contributed by atoms with van der Waals surface area (Å²) in [5.74, 6) is 0.767. The van der Waals surface area contributed by atoms with Gasteiger partial charge in [-0.15, -0.1) is 0 Å². The number of benzene rings is 1. The minimum atomic E-state index is 0.248. The normalized spacial score (nSPS) is 25.1. The lowest BCUT2D eigenvalue weighted by atomic mass is 9.83. The van der Waals surface area contributed by atoms with Crippen molar-refractivity contribution in [3.63, 3.8) is 0 Å². The van der Waals surface area contributed by atoms with E-state index < -0.39 is 0 Å². The lowest BCUT2D eigenvalue weighted by molar-refractivity contribution is -0.00210. The highest BCUT2D eigenvalue weighted by Crippen LogP contribution is 2.36. The van der Waals surface area contributed by atoms with Gasteiger partial charge in [-0.05, 0) is 42.9 Å². The molecule has 2 unspecified atom stereocenters. The summed E-state index contributed by atoms with van der Waals surface area (Å²) < 4.78 is 6.25. The van der Waals surface area contributed by atoms with Crippen LogP contribution in [-0.4, -0.2) is 19.2 Å². The van der Waals surface area contributed by atoms with Gasteiger partial charge in [-0.25, -0.2) is 0 Å². The molecule has 1 aliphatic carbocycles. The number of nitrogens with one attached hydrogen (secondary N) is 1. The molecule has 0 bridgehead atoms. The van der Waals surface area contributed by atoms with Gasteiger partial charge >= 0.3 is 0 Å². The molecule has 2 atom stereocenters. The molecular formula is C19H29NO. The monoisotopic (exact) mass is 287 g/mol. The second-order valence-corrected chi connectivity index (χ2v) is 6.58. The predicted octanol–water partition coefficient (Wildman–Crippen LogP) is 4.25. The van der Waals surface area contributed by atoms with Crippen LogP contribution < -0.4 is 5.32 Å². The summed E-state index contributed by atoms with van der Waals surface area (Å²) in [6.45, 7) is 4.12. The quantitative estimate of drug-likeness (QED) is 0.836. The molecule has 2 aliphatic rings. The smallest absolute Gasteiger partial charge is 0.0983 e. The van der Waals surface area contributed by atoms with Crippen molar-refractivity contribution in [1.29, 1.82) is 0 Å². The number of hydrogen-bond donors (Lipinski definition) is 1. The van der Waals surface area contributed by atoms with Crippen LogP contribution in [0.4, 0.5) is 0 Å². The Bertz CT molecular complexity index is 437. The molecule has 3 rings (SSSR count). The Balaban J connectivity index is 1.83. The molecule has 1 aliphatic heterocycles. The van der Waals surface area contributed by atoms with E-state index in [0.29, 0.717) is 6.04 Å². The van der Waals surface area contributed by atoms with Gasteiger partial charge < -0.3 is 10.1 Å². The zero-order valence-corrected chi connectivity index (χ0v) is 13.3. The highest BCUT2D eigenvalue weighted by Gasteiger charge is 2.33. The van der Waals surface area contributed by atoms with Crippen molar-refractivity contribution in [3.05, 3.63) is 35.4 Å². The molecule has 1 aromatic carbocycles. The van der Waals surface area contributed by atoms with Crippen LogP contribution in [0.15, 0.2) is 24.3 Å². The minimum absolute atomic E-state index is 0.248. The first-order valence-electron chi connectivity index (χ1n) is 8.83. The zero-order valence-electron chi connectivity index (χ0n) is 13.3. The second kappa shape index (κ2) is 7.42. The Kier molecular flexibility index (Phi) is 5.32. The Morgan fingerprint density at radius 2 is 1.90 bits per heavy atom. The maximum absolute atomic E-state index is 6.25. The summed E-state index contributed by atoms with van der Waals surface area (Å²) in [4.78, 5) is 0. The van der Waals surface area contributed by atoms with E-state index in [2.05, 4.69) is 36.5 Å². The van der Waals surface area contributed by atoms with Crippen molar-refractivity contribution in [2.75, 3.05) is 13.2 Å². The van der Waals surface area contributed by atoms with Gasteiger partial charge in [-0.1, -0.05) is 56.9 Å². The van der Waals surface area contributed by atoms with Gasteiger partial charge in [-0.2, -0.15) is 0 Å². The van der Waals surface area contributed by atoms with E-state index >= 15 is 0 Å². The molecule has 116 valence electrons. The molecule has 2 nitrogen and oxygen atoms in total. The number of hydrogen-bond acceptors (Lipinski definition) is 2. The Morgan fingerprint density at radius 3 is 2.67 bits per heavy atom. The summed E-state index contributed by atoms with van der Waals surface area (Å²) >= 11 is 0. The summed E-state index contributed by atoms with van der Waals surface area (Å²) in [5.41, 5.74) is 2.92. The van der Waals surface area contributed by atoms with E-state index in [1.807, 2.05) is 0 Å². The third-order valence-corrected chi connectivity index (χ3v) is 5.20. The Labute approximate surface area is 129 Å². The summed E-state index contributed by atoms with van der Waals surface area (Å²) in [7, 11) is 0. The molecule has 1 fully saturated rings. The van der Waals surface area contributed by atoms with Crippen LogP contribution in [0.2, 0.25) is 0 Å². The van der Waals surface area contributed by atoms with Crippen LogP contribution in [0.3, 0.4) is 0 Å². The van der Waals surface area contributed by atoms with Gasteiger partial charge in [0, 0.05) is 6.04 Å². The lowest BCUT2D eigenvalue weighted by Gasteiger charge is -2.37. The van der Waals surface area contributed by atoms with Crippen LogP contribution in [0.1, 0.15) is 62.7 Å². The molecule has 0 radical (unpaired) electrons. The molecule has 1 N–H and O–H groups in total. The maximum atomic E-state index is 6.25. The van der Waals surface area contributed by atoms with Crippen molar-refractivity contribution in [2.24, 2.45) is 5.92 Å². The zero-order chi connectivity index (χ0) is 14.5. The van der Waals surface area contributed by atoms with E-state index in [9.17, 15) is 0 Å². The third-order valence-electron chi connectivity index (χ3n) is 5.20. The summed E-state index contributed by atoms with van der Waals surface area (Å²) in [6.07, 6.45) is 9.64. The molecular weight excluding hydrogens is 258 g/mol. The fraction of sp³-hybridized carbons (Fsp3) is 0.684. The first-order chi connectivity index (χ1) is 10.4. The van der Waals surface area contributed by atoms with E-state index in [-0.39, 0.29) is 6.10 Å². The molecule has 2 heteroatoms. The largest absolute Gasteiger partial charge is 0.372 e. The molecule has 0 amide bonds. The lowest BCUT2D eigenvalue weighted by Crippen LogP contribution is -2.43. The fourth-order valence-corrected chi connectivity index (χ4v) is 4.15. The standard InChI is InChI=1S/C19H29NO/c1-2-20-18(16-10-5-3-4-6-11-16)19-17-12-8-7-9-15(17)13-14-21-19/h7-9,12,16,18-20H,2-6,10-11,13-14H2,1H3. The molecule has 0 aromatic heterocycles. The van der Waals surface area contributed by atoms with Crippen molar-refractivity contribution >= 4 is 0 Å². The molecule has 21 heavy (non-hydrogen) atoms.